The van der Waals surface area contributed by atoms with Gasteiger partial charge in [0.05, 0.1) is 11.1 Å². The van der Waals surface area contributed by atoms with Crippen molar-refractivity contribution in [1.29, 1.82) is 0 Å². The SMILES string of the molecule is C1=[N+]=Cc2cc3c(cc21)oc1cccc(-c2nc(-c4ccccc4)nc(-c4ccc5ccc(-c6ccccc6)cc5c4)n2)c13. The summed E-state index contributed by atoms with van der Waals surface area (Å²) in [4.78, 5) is 15.1. The zero-order chi connectivity index (χ0) is 29.0. The Morgan fingerprint density at radius 1 is 0.455 bits per heavy atom. The van der Waals surface area contributed by atoms with Crippen LogP contribution in [0.15, 0.2) is 132 Å². The summed E-state index contributed by atoms with van der Waals surface area (Å²) in [5.41, 5.74) is 8.84. The van der Waals surface area contributed by atoms with Crippen molar-refractivity contribution >= 4 is 45.1 Å². The summed E-state index contributed by atoms with van der Waals surface area (Å²) in [7, 11) is 0. The lowest BCUT2D eigenvalue weighted by atomic mass is 9.99. The summed E-state index contributed by atoms with van der Waals surface area (Å²) < 4.78 is 10.6. The fourth-order valence-electron chi connectivity index (χ4n) is 6.05. The van der Waals surface area contributed by atoms with Gasteiger partial charge in [-0.3, -0.25) is 0 Å². The van der Waals surface area contributed by atoms with Crippen LogP contribution in [0.4, 0.5) is 0 Å². The third kappa shape index (κ3) is 4.03. The second-order valence-electron chi connectivity index (χ2n) is 11.0. The maximum atomic E-state index is 6.32. The first kappa shape index (κ1) is 24.4. The highest BCUT2D eigenvalue weighted by Gasteiger charge is 2.21. The number of furan rings is 1. The Morgan fingerprint density at radius 3 is 1.91 bits per heavy atom. The van der Waals surface area contributed by atoms with Crippen molar-refractivity contribution < 1.29 is 4.42 Å². The zero-order valence-electron chi connectivity index (χ0n) is 23.5. The predicted molar refractivity (Wildman–Crippen MR) is 179 cm³/mol. The molecule has 204 valence electrons. The van der Waals surface area contributed by atoms with Crippen LogP contribution < -0.4 is 4.67 Å². The molecule has 5 nitrogen and oxygen atoms in total. The van der Waals surface area contributed by atoms with E-state index in [2.05, 4.69) is 83.5 Å². The van der Waals surface area contributed by atoms with E-state index in [9.17, 15) is 0 Å². The molecule has 2 aromatic heterocycles. The summed E-state index contributed by atoms with van der Waals surface area (Å²) in [5.74, 6) is 1.84. The van der Waals surface area contributed by atoms with Gasteiger partial charge in [-0.25, -0.2) is 15.0 Å². The van der Waals surface area contributed by atoms with Crippen molar-refractivity contribution in [1.82, 2.24) is 19.6 Å². The van der Waals surface area contributed by atoms with E-state index in [1.807, 2.05) is 61.0 Å². The lowest BCUT2D eigenvalue weighted by Gasteiger charge is -2.10. The first-order chi connectivity index (χ1) is 21.8. The predicted octanol–water partition coefficient (Wildman–Crippen LogP) is 8.51. The minimum absolute atomic E-state index is 0.598. The van der Waals surface area contributed by atoms with Crippen LogP contribution in [0.2, 0.25) is 0 Å². The number of rotatable bonds is 4. The largest absolute Gasteiger partial charge is 0.456 e. The molecule has 8 aromatic rings. The first-order valence-corrected chi connectivity index (χ1v) is 14.5. The van der Waals surface area contributed by atoms with Crippen molar-refractivity contribution in [3.63, 3.8) is 0 Å². The van der Waals surface area contributed by atoms with Crippen LogP contribution in [-0.2, 0) is 0 Å². The number of hydrogen-bond acceptors (Lipinski definition) is 4. The Labute approximate surface area is 252 Å². The van der Waals surface area contributed by atoms with Gasteiger partial charge in [0.25, 0.3) is 0 Å². The van der Waals surface area contributed by atoms with Crippen LogP contribution >= 0.6 is 0 Å². The van der Waals surface area contributed by atoms with Crippen LogP contribution in [0.1, 0.15) is 11.1 Å². The zero-order valence-corrected chi connectivity index (χ0v) is 23.5. The standard InChI is InChI=1S/C39H23N4O/c1-3-8-24(9-4-1)27-16-14-25-15-17-28(19-29(25)18-27)38-41-37(26-10-5-2-6-11-26)42-39(43-38)32-12-7-13-34-36(32)33-20-30-22-40-23-31(30)21-35(33)44-34/h1-23H/q+1. The molecule has 0 radical (unpaired) electrons. The van der Waals surface area contributed by atoms with E-state index in [0.717, 1.165) is 60.5 Å². The molecule has 0 amide bonds. The van der Waals surface area contributed by atoms with E-state index in [0.29, 0.717) is 17.5 Å². The van der Waals surface area contributed by atoms with Crippen LogP contribution in [0.3, 0.4) is 0 Å². The molecule has 0 bridgehead atoms. The van der Waals surface area contributed by atoms with Gasteiger partial charge in [-0.15, -0.1) is 0 Å². The molecule has 0 unspecified atom stereocenters. The van der Waals surface area contributed by atoms with Crippen LogP contribution in [-0.4, -0.2) is 27.4 Å². The van der Waals surface area contributed by atoms with Gasteiger partial charge in [0.1, 0.15) is 11.2 Å². The molecule has 5 heteroatoms. The molecule has 0 fully saturated rings. The average Bonchev–Trinajstić information content (AvgIpc) is 3.71. The molecule has 0 saturated heterocycles. The maximum Gasteiger partial charge on any atom is 0.300 e. The monoisotopic (exact) mass is 563 g/mol. The molecule has 0 spiro atoms. The fraction of sp³-hybridized carbons (Fsp3) is 0. The number of fused-ring (bicyclic) bond motifs is 5. The van der Waals surface area contributed by atoms with Crippen molar-refractivity contribution in [2.24, 2.45) is 0 Å². The van der Waals surface area contributed by atoms with E-state index in [4.69, 9.17) is 19.4 Å². The Balaban J connectivity index is 1.26. The molecule has 44 heavy (non-hydrogen) atoms. The van der Waals surface area contributed by atoms with Gasteiger partial charge in [0.2, 0.25) is 0 Å². The van der Waals surface area contributed by atoms with Crippen LogP contribution in [0.25, 0.3) is 78.0 Å². The van der Waals surface area contributed by atoms with Gasteiger partial charge in [-0.1, -0.05) is 102 Å². The number of nitrogens with zero attached hydrogens (tertiary/aromatic N) is 4. The molecule has 0 saturated carbocycles. The average molecular weight is 564 g/mol. The molecular weight excluding hydrogens is 540 g/mol. The lowest BCUT2D eigenvalue weighted by molar-refractivity contribution is 0.669. The Morgan fingerprint density at radius 2 is 1.11 bits per heavy atom. The van der Waals surface area contributed by atoms with Gasteiger partial charge >= 0.3 is 12.4 Å². The molecule has 1 aliphatic rings. The minimum Gasteiger partial charge on any atom is -0.456 e. The summed E-state index contributed by atoms with van der Waals surface area (Å²) in [6.45, 7) is 0. The summed E-state index contributed by atoms with van der Waals surface area (Å²) in [6, 6.07) is 43.7. The molecule has 6 aromatic carbocycles. The highest BCUT2D eigenvalue weighted by atomic mass is 16.3. The Hall–Kier alpha value is -6.16. The smallest absolute Gasteiger partial charge is 0.300 e. The van der Waals surface area contributed by atoms with Crippen LogP contribution in [0.5, 0.6) is 0 Å². The molecule has 3 heterocycles. The van der Waals surface area contributed by atoms with E-state index in [1.54, 1.807) is 0 Å². The van der Waals surface area contributed by atoms with Gasteiger partial charge in [0.15, 0.2) is 17.5 Å². The molecule has 0 N–H and O–H groups in total. The normalized spacial score (nSPS) is 12.0. The van der Waals surface area contributed by atoms with E-state index < -0.39 is 0 Å². The third-order valence-electron chi connectivity index (χ3n) is 8.24. The Bertz CT molecular complexity index is 2470. The minimum atomic E-state index is 0.598. The number of aromatic nitrogens is 3. The highest BCUT2D eigenvalue weighted by Crippen LogP contribution is 2.38. The van der Waals surface area contributed by atoms with E-state index in [1.165, 1.54) is 11.1 Å². The number of benzene rings is 6. The quantitative estimate of drug-likeness (QED) is 0.201. The van der Waals surface area contributed by atoms with Crippen LogP contribution in [0, 0.1) is 0 Å². The second-order valence-corrected chi connectivity index (χ2v) is 11.0. The molecule has 1 aliphatic heterocycles. The maximum absolute atomic E-state index is 6.32. The summed E-state index contributed by atoms with van der Waals surface area (Å²) in [6.07, 6.45) is 3.74. The van der Waals surface area contributed by atoms with Crippen molar-refractivity contribution in [2.45, 2.75) is 0 Å². The summed E-state index contributed by atoms with van der Waals surface area (Å²) in [5, 5.41) is 4.28. The van der Waals surface area contributed by atoms with Crippen molar-refractivity contribution in [3.05, 3.63) is 139 Å². The topological polar surface area (TPSA) is 65.9 Å². The van der Waals surface area contributed by atoms with E-state index in [-0.39, 0.29) is 0 Å². The van der Waals surface area contributed by atoms with E-state index >= 15 is 0 Å². The molecule has 0 atom stereocenters. The molecule has 9 rings (SSSR count). The number of hydrogen-bond donors (Lipinski definition) is 0. The third-order valence-corrected chi connectivity index (χ3v) is 8.24. The molecular formula is C39H23N4O+. The van der Waals surface area contributed by atoms with Gasteiger partial charge in [0, 0.05) is 27.5 Å². The van der Waals surface area contributed by atoms with Gasteiger partial charge in [-0.05, 0) is 52.2 Å². The summed E-state index contributed by atoms with van der Waals surface area (Å²) >= 11 is 0. The lowest BCUT2D eigenvalue weighted by Crippen LogP contribution is -2.00. The van der Waals surface area contributed by atoms with Crippen molar-refractivity contribution in [3.8, 4) is 45.3 Å². The Kier molecular flexibility index (Phi) is 5.39. The fourth-order valence-corrected chi connectivity index (χ4v) is 6.05. The first-order valence-electron chi connectivity index (χ1n) is 14.5. The highest BCUT2D eigenvalue weighted by molar-refractivity contribution is 6.15. The second kappa shape index (κ2) is 9.70. The van der Waals surface area contributed by atoms with Crippen molar-refractivity contribution in [2.75, 3.05) is 0 Å². The van der Waals surface area contributed by atoms with Gasteiger partial charge < -0.3 is 4.42 Å². The molecule has 0 aliphatic carbocycles. The van der Waals surface area contributed by atoms with Gasteiger partial charge in [-0.2, -0.15) is 0 Å².